The van der Waals surface area contributed by atoms with E-state index in [0.717, 1.165) is 5.56 Å². The molecule has 0 unspecified atom stereocenters. The number of carboxylic acids is 1. The smallest absolute Gasteiger partial charge is 0.335 e. The summed E-state index contributed by atoms with van der Waals surface area (Å²) >= 11 is 6.61. The summed E-state index contributed by atoms with van der Waals surface area (Å²) in [5.41, 5.74) is 0.966. The molecule has 0 radical (unpaired) electrons. The Morgan fingerprint density at radius 1 is 1.14 bits per heavy atom. The second kappa shape index (κ2) is 7.88. The van der Waals surface area contributed by atoms with E-state index in [1.54, 1.807) is 30.3 Å². The monoisotopic (exact) mass is 416 g/mol. The molecular formula is C19H16N2O5S2. The average Bonchev–Trinajstić information content (AvgIpc) is 3.27. The van der Waals surface area contributed by atoms with Crippen LogP contribution in [0.4, 0.5) is 0 Å². The van der Waals surface area contributed by atoms with Crippen molar-refractivity contribution >= 4 is 46.3 Å². The molecule has 2 aromatic rings. The summed E-state index contributed by atoms with van der Waals surface area (Å²) in [7, 11) is 0. The second-order valence-electron chi connectivity index (χ2n) is 6.14. The number of benzene rings is 1. The van der Waals surface area contributed by atoms with Gasteiger partial charge in [0.05, 0.1) is 23.7 Å². The standard InChI is InChI=1S/C19H16N2O5S2/c22-17-16(28-19(27)21(17)20-7-9-25-10-8-20)11-14-5-6-15(26-14)12-1-3-13(4-2-12)18(23)24/h1-6,11H,7-10H2,(H,23,24)/b16-11-. The van der Waals surface area contributed by atoms with Gasteiger partial charge in [0.25, 0.3) is 5.91 Å². The van der Waals surface area contributed by atoms with Crippen LogP contribution in [0.15, 0.2) is 45.7 Å². The molecule has 2 saturated heterocycles. The molecule has 28 heavy (non-hydrogen) atoms. The molecule has 1 aromatic carbocycles. The second-order valence-corrected chi connectivity index (χ2v) is 7.82. The molecule has 0 spiro atoms. The lowest BCUT2D eigenvalue weighted by molar-refractivity contribution is -0.138. The molecule has 3 heterocycles. The van der Waals surface area contributed by atoms with Crippen LogP contribution in [0.25, 0.3) is 17.4 Å². The molecule has 0 aliphatic carbocycles. The van der Waals surface area contributed by atoms with Gasteiger partial charge in [0, 0.05) is 24.7 Å². The van der Waals surface area contributed by atoms with Crippen molar-refractivity contribution in [2.45, 2.75) is 0 Å². The molecule has 0 saturated carbocycles. The number of thioether (sulfide) groups is 1. The van der Waals surface area contributed by atoms with Crippen LogP contribution in [0.3, 0.4) is 0 Å². The Kier molecular flexibility index (Phi) is 5.31. The van der Waals surface area contributed by atoms with Gasteiger partial charge in [0.1, 0.15) is 11.5 Å². The first kappa shape index (κ1) is 18.9. The first-order chi connectivity index (χ1) is 13.5. The Labute approximate surface area is 170 Å². The minimum absolute atomic E-state index is 0.166. The molecule has 0 atom stereocenters. The highest BCUT2D eigenvalue weighted by molar-refractivity contribution is 8.26. The van der Waals surface area contributed by atoms with Crippen LogP contribution in [-0.2, 0) is 9.53 Å². The highest BCUT2D eigenvalue weighted by atomic mass is 32.2. The summed E-state index contributed by atoms with van der Waals surface area (Å²) in [5, 5.41) is 12.4. The topological polar surface area (TPSA) is 83.2 Å². The number of carboxylic acid groups (broad SMARTS) is 1. The number of aromatic carboxylic acids is 1. The molecule has 2 aliphatic heterocycles. The molecule has 9 heteroatoms. The number of ether oxygens (including phenoxy) is 1. The molecule has 1 aromatic heterocycles. The van der Waals surface area contributed by atoms with Crippen LogP contribution in [0.5, 0.6) is 0 Å². The fourth-order valence-electron chi connectivity index (χ4n) is 2.95. The van der Waals surface area contributed by atoms with E-state index in [9.17, 15) is 9.59 Å². The zero-order valence-electron chi connectivity index (χ0n) is 14.7. The van der Waals surface area contributed by atoms with Gasteiger partial charge in [-0.1, -0.05) is 36.1 Å². The summed E-state index contributed by atoms with van der Waals surface area (Å²) in [6, 6.07) is 9.96. The van der Waals surface area contributed by atoms with E-state index in [1.807, 2.05) is 5.01 Å². The Bertz CT molecular complexity index is 961. The zero-order chi connectivity index (χ0) is 19.7. The third-order valence-electron chi connectivity index (χ3n) is 4.36. The van der Waals surface area contributed by atoms with Gasteiger partial charge in [-0.25, -0.2) is 14.8 Å². The predicted octanol–water partition coefficient (Wildman–Crippen LogP) is 3.09. The number of hydrazine groups is 1. The molecule has 4 rings (SSSR count). The number of carbonyl (C=O) groups is 2. The largest absolute Gasteiger partial charge is 0.478 e. The van der Waals surface area contributed by atoms with Crippen LogP contribution in [-0.4, -0.2) is 57.6 Å². The highest BCUT2D eigenvalue weighted by Gasteiger charge is 2.37. The Hall–Kier alpha value is -2.46. The van der Waals surface area contributed by atoms with E-state index in [4.69, 9.17) is 26.5 Å². The van der Waals surface area contributed by atoms with Crippen LogP contribution in [0, 0.1) is 0 Å². The van der Waals surface area contributed by atoms with Gasteiger partial charge in [0.15, 0.2) is 4.32 Å². The van der Waals surface area contributed by atoms with Crippen molar-refractivity contribution in [1.82, 2.24) is 10.0 Å². The summed E-state index contributed by atoms with van der Waals surface area (Å²) in [6.45, 7) is 2.38. The van der Waals surface area contributed by atoms with Crippen molar-refractivity contribution in [3.63, 3.8) is 0 Å². The van der Waals surface area contributed by atoms with E-state index < -0.39 is 5.97 Å². The maximum atomic E-state index is 12.8. The van der Waals surface area contributed by atoms with Gasteiger partial charge in [-0.2, -0.15) is 0 Å². The maximum Gasteiger partial charge on any atom is 0.335 e. The fourth-order valence-corrected chi connectivity index (χ4v) is 4.24. The number of nitrogens with zero attached hydrogens (tertiary/aromatic N) is 2. The molecular weight excluding hydrogens is 400 g/mol. The molecule has 2 fully saturated rings. The van der Waals surface area contributed by atoms with Gasteiger partial charge in [-0.15, -0.1) is 0 Å². The average molecular weight is 416 g/mol. The Morgan fingerprint density at radius 3 is 2.54 bits per heavy atom. The van der Waals surface area contributed by atoms with Gasteiger partial charge < -0.3 is 14.3 Å². The van der Waals surface area contributed by atoms with Crippen LogP contribution < -0.4 is 0 Å². The third kappa shape index (κ3) is 3.74. The number of furan rings is 1. The zero-order valence-corrected chi connectivity index (χ0v) is 16.3. The lowest BCUT2D eigenvalue weighted by Crippen LogP contribution is -2.50. The molecule has 144 valence electrons. The van der Waals surface area contributed by atoms with Crippen molar-refractivity contribution < 1.29 is 23.8 Å². The summed E-state index contributed by atoms with van der Waals surface area (Å²) in [5.74, 6) is -0.0266. The highest BCUT2D eigenvalue weighted by Crippen LogP contribution is 2.34. The van der Waals surface area contributed by atoms with Crippen molar-refractivity contribution in [1.29, 1.82) is 0 Å². The van der Waals surface area contributed by atoms with Gasteiger partial charge >= 0.3 is 5.97 Å². The van der Waals surface area contributed by atoms with E-state index in [0.29, 0.717) is 47.0 Å². The number of morpholine rings is 1. The third-order valence-corrected chi connectivity index (χ3v) is 5.64. The number of thiocarbonyl (C=S) groups is 1. The molecule has 7 nitrogen and oxygen atoms in total. The van der Waals surface area contributed by atoms with E-state index in [-0.39, 0.29) is 11.5 Å². The fraction of sp³-hybridized carbons (Fsp3) is 0.211. The normalized spacial score (nSPS) is 19.6. The van der Waals surface area contributed by atoms with Crippen LogP contribution >= 0.6 is 24.0 Å². The molecule has 1 N–H and O–H groups in total. The Balaban J connectivity index is 1.52. The minimum Gasteiger partial charge on any atom is -0.478 e. The number of hydrogen-bond donors (Lipinski definition) is 1. The van der Waals surface area contributed by atoms with Gasteiger partial charge in [-0.3, -0.25) is 4.79 Å². The molecule has 1 amide bonds. The Morgan fingerprint density at radius 2 is 1.86 bits per heavy atom. The number of hydrogen-bond acceptors (Lipinski definition) is 7. The number of rotatable bonds is 4. The summed E-state index contributed by atoms with van der Waals surface area (Å²) in [4.78, 5) is 24.2. The lowest BCUT2D eigenvalue weighted by Gasteiger charge is -2.33. The minimum atomic E-state index is -0.978. The predicted molar refractivity (Wildman–Crippen MR) is 109 cm³/mol. The first-order valence-electron chi connectivity index (χ1n) is 8.57. The van der Waals surface area contributed by atoms with Crippen molar-refractivity contribution in [3.8, 4) is 11.3 Å². The first-order valence-corrected chi connectivity index (χ1v) is 9.79. The number of amides is 1. The summed E-state index contributed by atoms with van der Waals surface area (Å²) < 4.78 is 11.6. The van der Waals surface area contributed by atoms with E-state index >= 15 is 0 Å². The van der Waals surface area contributed by atoms with Crippen LogP contribution in [0.1, 0.15) is 16.1 Å². The van der Waals surface area contributed by atoms with Crippen LogP contribution in [0.2, 0.25) is 0 Å². The van der Waals surface area contributed by atoms with Gasteiger partial charge in [0.2, 0.25) is 0 Å². The maximum absolute atomic E-state index is 12.8. The number of carbonyl (C=O) groups excluding carboxylic acids is 1. The molecule has 2 aliphatic rings. The van der Waals surface area contributed by atoms with E-state index in [2.05, 4.69) is 0 Å². The van der Waals surface area contributed by atoms with Gasteiger partial charge in [-0.05, 0) is 24.3 Å². The van der Waals surface area contributed by atoms with E-state index in [1.165, 1.54) is 28.9 Å². The quantitative estimate of drug-likeness (QED) is 0.601. The van der Waals surface area contributed by atoms with Crippen molar-refractivity contribution in [2.75, 3.05) is 26.3 Å². The van der Waals surface area contributed by atoms with Crippen molar-refractivity contribution in [3.05, 3.63) is 52.6 Å². The lowest BCUT2D eigenvalue weighted by atomic mass is 10.1. The summed E-state index contributed by atoms with van der Waals surface area (Å²) in [6.07, 6.45) is 1.68. The van der Waals surface area contributed by atoms with Crippen molar-refractivity contribution in [2.24, 2.45) is 0 Å². The molecule has 0 bridgehead atoms. The SMILES string of the molecule is O=C(O)c1ccc(-c2ccc(/C=C3\SC(=S)N(N4CCOCC4)C3=O)o2)cc1.